The summed E-state index contributed by atoms with van der Waals surface area (Å²) in [6, 6.07) is 12.2. The standard InChI is InChI=1S/C15H14N4O2/c1-9-17-13-8-10(2-7-14(13)21-9)15(20)18-11-3-5-12(19-16)6-4-11/h2-8,19H,16H2,1H3,(H,18,20). The Morgan fingerprint density at radius 2 is 1.86 bits per heavy atom. The molecule has 21 heavy (non-hydrogen) atoms. The van der Waals surface area contributed by atoms with E-state index in [1.54, 1.807) is 49.4 Å². The highest BCUT2D eigenvalue weighted by molar-refractivity contribution is 6.05. The lowest BCUT2D eigenvalue weighted by molar-refractivity contribution is 0.102. The smallest absolute Gasteiger partial charge is 0.255 e. The molecular formula is C15H14N4O2. The lowest BCUT2D eigenvalue weighted by Crippen LogP contribution is -2.12. The molecule has 6 heteroatoms. The number of oxazole rings is 1. The molecule has 2 aromatic carbocycles. The average Bonchev–Trinajstić information content (AvgIpc) is 2.87. The van der Waals surface area contributed by atoms with E-state index in [2.05, 4.69) is 15.7 Å². The van der Waals surface area contributed by atoms with Crippen molar-refractivity contribution in [2.75, 3.05) is 10.7 Å². The highest BCUT2D eigenvalue weighted by Crippen LogP contribution is 2.18. The minimum atomic E-state index is -0.203. The van der Waals surface area contributed by atoms with Crippen LogP contribution in [0.5, 0.6) is 0 Å². The van der Waals surface area contributed by atoms with Crippen LogP contribution in [0.2, 0.25) is 0 Å². The Hall–Kier alpha value is -2.86. The average molecular weight is 282 g/mol. The maximum Gasteiger partial charge on any atom is 0.255 e. The van der Waals surface area contributed by atoms with Gasteiger partial charge in [-0.2, -0.15) is 0 Å². The summed E-state index contributed by atoms with van der Waals surface area (Å²) < 4.78 is 5.38. The number of nitrogens with one attached hydrogen (secondary N) is 2. The first-order chi connectivity index (χ1) is 10.2. The van der Waals surface area contributed by atoms with Crippen molar-refractivity contribution in [3.63, 3.8) is 0 Å². The van der Waals surface area contributed by atoms with Gasteiger partial charge in [-0.25, -0.2) is 4.98 Å². The van der Waals surface area contributed by atoms with E-state index < -0.39 is 0 Å². The number of rotatable bonds is 3. The van der Waals surface area contributed by atoms with Gasteiger partial charge in [-0.3, -0.25) is 10.6 Å². The van der Waals surface area contributed by atoms with E-state index in [0.717, 1.165) is 5.69 Å². The summed E-state index contributed by atoms with van der Waals surface area (Å²) in [5.74, 6) is 5.67. The predicted molar refractivity (Wildman–Crippen MR) is 81.0 cm³/mol. The number of carbonyl (C=O) groups is 1. The molecule has 0 unspecified atom stereocenters. The van der Waals surface area contributed by atoms with Crippen LogP contribution in [0.3, 0.4) is 0 Å². The molecule has 106 valence electrons. The molecule has 3 rings (SSSR count). The summed E-state index contributed by atoms with van der Waals surface area (Å²) in [5, 5.41) is 2.82. The molecule has 0 fully saturated rings. The lowest BCUT2D eigenvalue weighted by Gasteiger charge is -2.06. The maximum atomic E-state index is 12.2. The van der Waals surface area contributed by atoms with Gasteiger partial charge in [0.2, 0.25) is 0 Å². The topological polar surface area (TPSA) is 93.2 Å². The summed E-state index contributed by atoms with van der Waals surface area (Å²) in [6.45, 7) is 1.77. The number of nitrogens with two attached hydrogens (primary N) is 1. The molecule has 0 aliphatic rings. The molecule has 0 radical (unpaired) electrons. The van der Waals surface area contributed by atoms with Crippen LogP contribution in [0.1, 0.15) is 16.2 Å². The second-order valence-electron chi connectivity index (χ2n) is 4.59. The molecule has 0 atom stereocenters. The largest absolute Gasteiger partial charge is 0.441 e. The van der Waals surface area contributed by atoms with Gasteiger partial charge < -0.3 is 15.2 Å². The van der Waals surface area contributed by atoms with Gasteiger partial charge in [-0.1, -0.05) is 0 Å². The molecule has 6 nitrogen and oxygen atoms in total. The predicted octanol–water partition coefficient (Wildman–Crippen LogP) is 2.67. The van der Waals surface area contributed by atoms with E-state index in [1.165, 1.54) is 0 Å². The molecule has 0 saturated carbocycles. The van der Waals surface area contributed by atoms with Crippen LogP contribution in [0.15, 0.2) is 46.9 Å². The fourth-order valence-corrected chi connectivity index (χ4v) is 2.04. The number of carbonyl (C=O) groups excluding carboxylic acids is 1. The Morgan fingerprint density at radius 1 is 1.14 bits per heavy atom. The van der Waals surface area contributed by atoms with Crippen LogP contribution in [0.4, 0.5) is 11.4 Å². The third-order valence-electron chi connectivity index (χ3n) is 3.07. The number of hydrogen-bond donors (Lipinski definition) is 3. The fraction of sp³-hybridized carbons (Fsp3) is 0.0667. The molecule has 1 amide bonds. The Balaban J connectivity index is 1.82. The zero-order valence-corrected chi connectivity index (χ0v) is 11.4. The van der Waals surface area contributed by atoms with Crippen molar-refractivity contribution in [2.45, 2.75) is 6.92 Å². The number of hydrogen-bond acceptors (Lipinski definition) is 5. The van der Waals surface area contributed by atoms with Crippen LogP contribution in [-0.4, -0.2) is 10.9 Å². The summed E-state index contributed by atoms with van der Waals surface area (Å²) in [4.78, 5) is 16.4. The van der Waals surface area contributed by atoms with Crippen molar-refractivity contribution >= 4 is 28.4 Å². The van der Waals surface area contributed by atoms with Crippen LogP contribution >= 0.6 is 0 Å². The Kier molecular flexibility index (Phi) is 3.29. The number of nitrogen functional groups attached to an aromatic ring is 1. The van der Waals surface area contributed by atoms with Gasteiger partial charge in [-0.05, 0) is 42.5 Å². The quantitative estimate of drug-likeness (QED) is 0.507. The molecule has 4 N–H and O–H groups in total. The van der Waals surface area contributed by atoms with Crippen molar-refractivity contribution in [1.82, 2.24) is 4.98 Å². The third-order valence-corrected chi connectivity index (χ3v) is 3.07. The molecule has 0 spiro atoms. The summed E-state index contributed by atoms with van der Waals surface area (Å²) >= 11 is 0. The van der Waals surface area contributed by atoms with Crippen molar-refractivity contribution in [3.05, 3.63) is 53.9 Å². The van der Waals surface area contributed by atoms with E-state index in [1.807, 2.05) is 0 Å². The van der Waals surface area contributed by atoms with Gasteiger partial charge >= 0.3 is 0 Å². The summed E-state index contributed by atoms with van der Waals surface area (Å²) in [5.41, 5.74) is 5.85. The maximum absolute atomic E-state index is 12.2. The van der Waals surface area contributed by atoms with Gasteiger partial charge in [0.05, 0.1) is 0 Å². The zero-order valence-electron chi connectivity index (χ0n) is 11.4. The first kappa shape index (κ1) is 13.1. The molecule has 3 aromatic rings. The number of aromatic nitrogens is 1. The second-order valence-corrected chi connectivity index (χ2v) is 4.59. The molecule has 0 aliphatic carbocycles. The van der Waals surface area contributed by atoms with Crippen LogP contribution in [0.25, 0.3) is 11.1 Å². The number of amides is 1. The summed E-state index contributed by atoms with van der Waals surface area (Å²) in [6.07, 6.45) is 0. The van der Waals surface area contributed by atoms with Gasteiger partial charge in [0, 0.05) is 23.9 Å². The monoisotopic (exact) mass is 282 g/mol. The number of nitrogens with zero attached hydrogens (tertiary/aromatic N) is 1. The highest BCUT2D eigenvalue weighted by atomic mass is 16.3. The molecular weight excluding hydrogens is 268 g/mol. The van der Waals surface area contributed by atoms with E-state index >= 15 is 0 Å². The second kappa shape index (κ2) is 5.26. The zero-order chi connectivity index (χ0) is 14.8. The molecule has 0 aliphatic heterocycles. The highest BCUT2D eigenvalue weighted by Gasteiger charge is 2.09. The molecule has 0 saturated heterocycles. The van der Waals surface area contributed by atoms with Gasteiger partial charge in [0.25, 0.3) is 5.91 Å². The van der Waals surface area contributed by atoms with Crippen LogP contribution in [-0.2, 0) is 0 Å². The Morgan fingerprint density at radius 3 is 2.57 bits per heavy atom. The van der Waals surface area contributed by atoms with Crippen molar-refractivity contribution < 1.29 is 9.21 Å². The summed E-state index contributed by atoms with van der Waals surface area (Å²) in [7, 11) is 0. The lowest BCUT2D eigenvalue weighted by atomic mass is 10.2. The molecule has 1 aromatic heterocycles. The number of benzene rings is 2. The van der Waals surface area contributed by atoms with E-state index in [9.17, 15) is 4.79 Å². The fourth-order valence-electron chi connectivity index (χ4n) is 2.04. The number of anilines is 2. The van der Waals surface area contributed by atoms with Gasteiger partial charge in [-0.15, -0.1) is 0 Å². The Labute approximate surface area is 120 Å². The molecule has 0 bridgehead atoms. The van der Waals surface area contributed by atoms with Crippen molar-refractivity contribution in [2.24, 2.45) is 5.84 Å². The van der Waals surface area contributed by atoms with Crippen LogP contribution < -0.4 is 16.6 Å². The SMILES string of the molecule is Cc1nc2cc(C(=O)Nc3ccc(NN)cc3)ccc2o1. The third kappa shape index (κ3) is 2.70. The van der Waals surface area contributed by atoms with E-state index in [4.69, 9.17) is 10.3 Å². The minimum Gasteiger partial charge on any atom is -0.441 e. The van der Waals surface area contributed by atoms with Crippen LogP contribution in [0, 0.1) is 6.92 Å². The van der Waals surface area contributed by atoms with Gasteiger partial charge in [0.15, 0.2) is 11.5 Å². The number of aryl methyl sites for hydroxylation is 1. The number of fused-ring (bicyclic) bond motifs is 1. The van der Waals surface area contributed by atoms with Gasteiger partial charge in [0.1, 0.15) is 5.52 Å². The van der Waals surface area contributed by atoms with E-state index in [0.29, 0.717) is 28.2 Å². The minimum absolute atomic E-state index is 0.203. The first-order valence-corrected chi connectivity index (χ1v) is 6.41. The molecule has 1 heterocycles. The van der Waals surface area contributed by atoms with Crippen molar-refractivity contribution in [3.8, 4) is 0 Å². The Bertz CT molecular complexity index is 793. The number of hydrazine groups is 1. The first-order valence-electron chi connectivity index (χ1n) is 6.41. The normalized spacial score (nSPS) is 10.6. The van der Waals surface area contributed by atoms with E-state index in [-0.39, 0.29) is 5.91 Å². The van der Waals surface area contributed by atoms with Crippen molar-refractivity contribution in [1.29, 1.82) is 0 Å².